The topological polar surface area (TPSA) is 83.6 Å². The van der Waals surface area contributed by atoms with Gasteiger partial charge in [-0.25, -0.2) is 4.79 Å². The van der Waals surface area contributed by atoms with Crippen molar-refractivity contribution in [3.63, 3.8) is 0 Å². The smallest absolute Gasteiger partial charge is 0.371 e. The number of pyridine rings is 1. The average molecular weight is 233 g/mol. The molecule has 2 aromatic heterocycles. The third-order valence-electron chi connectivity index (χ3n) is 2.30. The normalized spacial score (nSPS) is 12.4. The summed E-state index contributed by atoms with van der Waals surface area (Å²) < 4.78 is 5.01. The van der Waals surface area contributed by atoms with Crippen LogP contribution in [-0.4, -0.2) is 21.2 Å². The first-order chi connectivity index (χ1) is 8.08. The Labute approximate surface area is 97.3 Å². The number of hydrogen-bond acceptors (Lipinski definition) is 4. The number of aliphatic hydroxyl groups is 1. The number of rotatable bonds is 3. The van der Waals surface area contributed by atoms with E-state index in [9.17, 15) is 9.90 Å². The third-order valence-corrected chi connectivity index (χ3v) is 2.30. The van der Waals surface area contributed by atoms with Gasteiger partial charge in [0.05, 0.1) is 5.69 Å². The highest BCUT2D eigenvalue weighted by Gasteiger charge is 2.18. The van der Waals surface area contributed by atoms with Gasteiger partial charge in [-0.05, 0) is 31.2 Å². The standard InChI is InChI=1S/C12H11NO4/c1-7-3-2-4-8(13-7)11(14)9-5-6-10(17-9)12(15)16/h2-6,11,14H,1H3,(H,15,16). The quantitative estimate of drug-likeness (QED) is 0.843. The predicted molar refractivity (Wildman–Crippen MR) is 58.7 cm³/mol. The molecule has 88 valence electrons. The van der Waals surface area contributed by atoms with Gasteiger partial charge in [-0.1, -0.05) is 6.07 Å². The monoisotopic (exact) mass is 233 g/mol. The lowest BCUT2D eigenvalue weighted by Gasteiger charge is -2.07. The molecule has 0 fully saturated rings. The van der Waals surface area contributed by atoms with E-state index in [1.165, 1.54) is 12.1 Å². The predicted octanol–water partition coefficient (Wildman–Crippen LogP) is 1.76. The van der Waals surface area contributed by atoms with Crippen molar-refractivity contribution in [3.8, 4) is 0 Å². The Hall–Kier alpha value is -2.14. The van der Waals surface area contributed by atoms with E-state index in [1.807, 2.05) is 0 Å². The zero-order valence-corrected chi connectivity index (χ0v) is 9.12. The fourth-order valence-electron chi connectivity index (χ4n) is 1.48. The number of furan rings is 1. The molecule has 1 unspecified atom stereocenters. The summed E-state index contributed by atoms with van der Waals surface area (Å²) in [7, 11) is 0. The molecule has 0 aliphatic carbocycles. The molecule has 0 radical (unpaired) electrons. The summed E-state index contributed by atoms with van der Waals surface area (Å²) in [6.45, 7) is 1.81. The number of aromatic nitrogens is 1. The second kappa shape index (κ2) is 4.39. The molecule has 0 aliphatic heterocycles. The Morgan fingerprint density at radius 3 is 2.71 bits per heavy atom. The lowest BCUT2D eigenvalue weighted by atomic mass is 10.2. The Kier molecular flexibility index (Phi) is 2.93. The minimum Gasteiger partial charge on any atom is -0.475 e. The summed E-state index contributed by atoms with van der Waals surface area (Å²) in [6.07, 6.45) is -1.05. The first kappa shape index (κ1) is 11.3. The molecule has 2 aromatic rings. The van der Waals surface area contributed by atoms with Crippen LogP contribution in [0.2, 0.25) is 0 Å². The van der Waals surface area contributed by atoms with Crippen molar-refractivity contribution in [1.82, 2.24) is 4.98 Å². The highest BCUT2D eigenvalue weighted by atomic mass is 16.4. The lowest BCUT2D eigenvalue weighted by Crippen LogP contribution is -2.02. The highest BCUT2D eigenvalue weighted by molar-refractivity contribution is 5.84. The number of nitrogens with zero attached hydrogens (tertiary/aromatic N) is 1. The Morgan fingerprint density at radius 2 is 2.12 bits per heavy atom. The average Bonchev–Trinajstić information content (AvgIpc) is 2.77. The van der Waals surface area contributed by atoms with Crippen molar-refractivity contribution in [2.24, 2.45) is 0 Å². The van der Waals surface area contributed by atoms with Gasteiger partial charge in [-0.2, -0.15) is 0 Å². The van der Waals surface area contributed by atoms with E-state index < -0.39 is 12.1 Å². The van der Waals surface area contributed by atoms with Gasteiger partial charge in [0.15, 0.2) is 6.10 Å². The molecular weight excluding hydrogens is 222 g/mol. The largest absolute Gasteiger partial charge is 0.475 e. The molecule has 0 aromatic carbocycles. The van der Waals surface area contributed by atoms with Gasteiger partial charge in [-0.3, -0.25) is 4.98 Å². The summed E-state index contributed by atoms with van der Waals surface area (Å²) in [5.41, 5.74) is 1.20. The molecule has 0 aliphatic rings. The molecule has 0 saturated heterocycles. The van der Waals surface area contributed by atoms with Crippen LogP contribution in [0.15, 0.2) is 34.7 Å². The highest BCUT2D eigenvalue weighted by Crippen LogP contribution is 2.22. The number of aryl methyl sites for hydroxylation is 1. The van der Waals surface area contributed by atoms with E-state index >= 15 is 0 Å². The van der Waals surface area contributed by atoms with Crippen molar-refractivity contribution in [2.75, 3.05) is 0 Å². The lowest BCUT2D eigenvalue weighted by molar-refractivity contribution is 0.0654. The van der Waals surface area contributed by atoms with Crippen LogP contribution < -0.4 is 0 Å². The van der Waals surface area contributed by atoms with Crippen molar-refractivity contribution >= 4 is 5.97 Å². The Bertz CT molecular complexity index is 547. The first-order valence-electron chi connectivity index (χ1n) is 5.02. The minimum atomic E-state index is -1.17. The summed E-state index contributed by atoms with van der Waals surface area (Å²) in [5.74, 6) is -1.20. The molecule has 2 heterocycles. The van der Waals surface area contributed by atoms with E-state index in [0.717, 1.165) is 5.69 Å². The van der Waals surface area contributed by atoms with Crippen LogP contribution >= 0.6 is 0 Å². The number of carboxylic acid groups (broad SMARTS) is 1. The maximum atomic E-state index is 10.6. The van der Waals surface area contributed by atoms with Gasteiger partial charge in [0.1, 0.15) is 5.76 Å². The molecule has 2 N–H and O–H groups in total. The van der Waals surface area contributed by atoms with Gasteiger partial charge >= 0.3 is 5.97 Å². The van der Waals surface area contributed by atoms with Gasteiger partial charge in [0, 0.05) is 5.69 Å². The van der Waals surface area contributed by atoms with Crippen LogP contribution in [-0.2, 0) is 0 Å². The summed E-state index contributed by atoms with van der Waals surface area (Å²) in [4.78, 5) is 14.8. The molecule has 2 rings (SSSR count). The minimum absolute atomic E-state index is 0.167. The van der Waals surface area contributed by atoms with Gasteiger partial charge in [-0.15, -0.1) is 0 Å². The van der Waals surface area contributed by atoms with Crippen LogP contribution in [0.5, 0.6) is 0 Å². The molecular formula is C12H11NO4. The summed E-state index contributed by atoms with van der Waals surface area (Å²) in [6, 6.07) is 7.96. The Morgan fingerprint density at radius 1 is 1.35 bits per heavy atom. The molecule has 0 spiro atoms. The molecule has 0 saturated carbocycles. The summed E-state index contributed by atoms with van der Waals surface area (Å²) in [5, 5.41) is 18.7. The molecule has 17 heavy (non-hydrogen) atoms. The second-order valence-corrected chi connectivity index (χ2v) is 3.61. The third kappa shape index (κ3) is 2.34. The van der Waals surface area contributed by atoms with Crippen LogP contribution in [0.4, 0.5) is 0 Å². The number of carboxylic acids is 1. The number of hydrogen-bond donors (Lipinski definition) is 2. The molecule has 0 bridgehead atoms. The van der Waals surface area contributed by atoms with E-state index in [4.69, 9.17) is 9.52 Å². The van der Waals surface area contributed by atoms with Crippen molar-refractivity contribution in [2.45, 2.75) is 13.0 Å². The number of aromatic carboxylic acids is 1. The first-order valence-corrected chi connectivity index (χ1v) is 5.02. The van der Waals surface area contributed by atoms with E-state index in [1.54, 1.807) is 25.1 Å². The molecule has 5 heteroatoms. The van der Waals surface area contributed by atoms with Gasteiger partial charge in [0.25, 0.3) is 0 Å². The SMILES string of the molecule is Cc1cccc(C(O)c2ccc(C(=O)O)o2)n1. The van der Waals surface area contributed by atoms with E-state index in [0.29, 0.717) is 5.69 Å². The van der Waals surface area contributed by atoms with Crippen molar-refractivity contribution < 1.29 is 19.4 Å². The van der Waals surface area contributed by atoms with Gasteiger partial charge < -0.3 is 14.6 Å². The van der Waals surface area contributed by atoms with E-state index in [2.05, 4.69) is 4.98 Å². The number of carbonyl (C=O) groups is 1. The molecule has 5 nitrogen and oxygen atoms in total. The fourth-order valence-corrected chi connectivity index (χ4v) is 1.48. The summed E-state index contributed by atoms with van der Waals surface area (Å²) >= 11 is 0. The zero-order valence-electron chi connectivity index (χ0n) is 9.12. The maximum Gasteiger partial charge on any atom is 0.371 e. The van der Waals surface area contributed by atoms with Gasteiger partial charge in [0.2, 0.25) is 5.76 Å². The Balaban J connectivity index is 2.30. The van der Waals surface area contributed by atoms with Crippen LogP contribution in [0.3, 0.4) is 0 Å². The van der Waals surface area contributed by atoms with Crippen LogP contribution in [0, 0.1) is 6.92 Å². The van der Waals surface area contributed by atoms with E-state index in [-0.39, 0.29) is 11.5 Å². The maximum absolute atomic E-state index is 10.6. The molecule has 1 atom stereocenters. The molecule has 0 amide bonds. The fraction of sp³-hybridized carbons (Fsp3) is 0.167. The van der Waals surface area contributed by atoms with Crippen molar-refractivity contribution in [1.29, 1.82) is 0 Å². The van der Waals surface area contributed by atoms with Crippen molar-refractivity contribution in [3.05, 3.63) is 53.2 Å². The number of aliphatic hydroxyl groups excluding tert-OH is 1. The second-order valence-electron chi connectivity index (χ2n) is 3.61. The van der Waals surface area contributed by atoms with Crippen LogP contribution in [0.25, 0.3) is 0 Å². The zero-order chi connectivity index (χ0) is 12.4. The van der Waals surface area contributed by atoms with Crippen LogP contribution in [0.1, 0.15) is 33.8 Å².